The third kappa shape index (κ3) is 4.26. The van der Waals surface area contributed by atoms with Gasteiger partial charge in [-0.05, 0) is 19.9 Å². The predicted molar refractivity (Wildman–Crippen MR) is 123 cm³/mol. The largest absolute Gasteiger partial charge is 0.378 e. The molecular weight excluding hydrogens is 426 g/mol. The fourth-order valence-electron chi connectivity index (χ4n) is 3.82. The number of rotatable bonds is 2. The molecule has 1 amide bonds. The summed E-state index contributed by atoms with van der Waals surface area (Å²) in [6.07, 6.45) is 1.21. The number of aromatic nitrogens is 5. The highest BCUT2D eigenvalue weighted by Crippen LogP contribution is 2.26. The maximum atomic E-state index is 12.9. The van der Waals surface area contributed by atoms with Gasteiger partial charge in [-0.2, -0.15) is 9.97 Å². The van der Waals surface area contributed by atoms with Crippen LogP contribution in [0.2, 0.25) is 0 Å². The summed E-state index contributed by atoms with van der Waals surface area (Å²) in [6, 6.07) is 3.30. The highest BCUT2D eigenvalue weighted by Gasteiger charge is 2.22. The average Bonchev–Trinajstić information content (AvgIpc) is 3.26. The first-order valence-corrected chi connectivity index (χ1v) is 11.0. The minimum absolute atomic E-state index is 0.241. The van der Waals surface area contributed by atoms with Crippen LogP contribution in [0.4, 0.5) is 28.1 Å². The molecule has 0 radical (unpaired) electrons. The molecule has 0 aromatic carbocycles. The van der Waals surface area contributed by atoms with E-state index in [9.17, 15) is 4.79 Å². The summed E-state index contributed by atoms with van der Waals surface area (Å²) in [5.41, 5.74) is 2.45. The number of nitrogens with one attached hydrogen (secondary N) is 3. The Morgan fingerprint density at radius 2 is 1.97 bits per heavy atom. The van der Waals surface area contributed by atoms with Crippen molar-refractivity contribution in [1.29, 1.82) is 0 Å². The van der Waals surface area contributed by atoms with Gasteiger partial charge in [0.2, 0.25) is 5.95 Å². The number of hydrogen-bond donors (Lipinski definition) is 3. The average molecular weight is 454 g/mol. The summed E-state index contributed by atoms with van der Waals surface area (Å²) >= 11 is 0. The van der Waals surface area contributed by atoms with Gasteiger partial charge in [-0.15, -0.1) is 0 Å². The van der Waals surface area contributed by atoms with Crippen molar-refractivity contribution in [1.82, 2.24) is 29.8 Å². The summed E-state index contributed by atoms with van der Waals surface area (Å²) in [7, 11) is 1.76. The topological polar surface area (TPSA) is 131 Å². The van der Waals surface area contributed by atoms with Crippen LogP contribution in [0, 0.1) is 0 Å². The fourth-order valence-corrected chi connectivity index (χ4v) is 3.82. The number of nitrogens with zero attached hydrogens (tertiary/aromatic N) is 6. The van der Waals surface area contributed by atoms with Crippen molar-refractivity contribution in [2.45, 2.75) is 32.6 Å². The molecule has 12 heteroatoms. The molecule has 2 atom stereocenters. The van der Waals surface area contributed by atoms with Crippen LogP contribution >= 0.6 is 0 Å². The van der Waals surface area contributed by atoms with Gasteiger partial charge in [0.15, 0.2) is 17.0 Å². The first-order valence-electron chi connectivity index (χ1n) is 11.0. The summed E-state index contributed by atoms with van der Waals surface area (Å²) in [6.45, 7) is 6.98. The van der Waals surface area contributed by atoms with Gasteiger partial charge in [0.1, 0.15) is 12.1 Å². The maximum Gasteiger partial charge on any atom is 0.328 e. The Hall–Kier alpha value is -3.51. The second-order valence-electron chi connectivity index (χ2n) is 8.12. The molecule has 12 nitrogen and oxygen atoms in total. The van der Waals surface area contributed by atoms with Crippen LogP contribution in [0.5, 0.6) is 0 Å². The smallest absolute Gasteiger partial charge is 0.328 e. The molecule has 3 aromatic rings. The van der Waals surface area contributed by atoms with Crippen LogP contribution in [0.1, 0.15) is 19.5 Å². The number of carbonyl (C=O) groups is 1. The Morgan fingerprint density at radius 3 is 2.76 bits per heavy atom. The lowest BCUT2D eigenvalue weighted by molar-refractivity contribution is 0.0320. The van der Waals surface area contributed by atoms with Crippen molar-refractivity contribution in [3.05, 3.63) is 24.2 Å². The number of carbonyl (C=O) groups excluding carboxylic acids is 1. The predicted octanol–water partition coefficient (Wildman–Crippen LogP) is 1.71. The van der Waals surface area contributed by atoms with E-state index in [0.29, 0.717) is 42.8 Å². The lowest BCUT2D eigenvalue weighted by Crippen LogP contribution is -2.43. The van der Waals surface area contributed by atoms with Gasteiger partial charge in [0.25, 0.3) is 0 Å². The zero-order chi connectivity index (χ0) is 22.9. The van der Waals surface area contributed by atoms with Crippen LogP contribution in [-0.4, -0.2) is 76.0 Å². The second kappa shape index (κ2) is 8.79. The highest BCUT2D eigenvalue weighted by atomic mass is 16.5. The molecule has 1 fully saturated rings. The molecule has 5 heterocycles. The van der Waals surface area contributed by atoms with Crippen molar-refractivity contribution in [2.24, 2.45) is 0 Å². The van der Waals surface area contributed by atoms with E-state index in [-0.39, 0.29) is 18.2 Å². The van der Waals surface area contributed by atoms with Gasteiger partial charge in [-0.3, -0.25) is 0 Å². The van der Waals surface area contributed by atoms with E-state index in [1.807, 2.05) is 26.0 Å². The van der Waals surface area contributed by atoms with E-state index in [0.717, 1.165) is 30.3 Å². The number of imidazole rings is 1. The van der Waals surface area contributed by atoms with E-state index in [1.54, 1.807) is 7.05 Å². The first-order chi connectivity index (χ1) is 16.0. The minimum Gasteiger partial charge on any atom is -0.378 e. The molecule has 4 bridgehead atoms. The van der Waals surface area contributed by atoms with Crippen LogP contribution < -0.4 is 20.9 Å². The van der Waals surface area contributed by atoms with Gasteiger partial charge in [0, 0.05) is 31.9 Å². The molecule has 3 N–H and O–H groups in total. The Bertz CT molecular complexity index is 1180. The van der Waals surface area contributed by atoms with Gasteiger partial charge >= 0.3 is 6.03 Å². The van der Waals surface area contributed by atoms with E-state index >= 15 is 0 Å². The lowest BCUT2D eigenvalue weighted by Gasteiger charge is -2.29. The zero-order valence-corrected chi connectivity index (χ0v) is 18.8. The molecule has 33 heavy (non-hydrogen) atoms. The molecule has 1 saturated heterocycles. The van der Waals surface area contributed by atoms with E-state index in [4.69, 9.17) is 14.5 Å². The molecule has 0 saturated carbocycles. The van der Waals surface area contributed by atoms with E-state index < -0.39 is 0 Å². The standard InChI is InChI=1S/C21H27N9O3/c1-12-13(2)33-10-15-8-14(9-16(25-15)29-4-6-32-7-5-29)26-20-27-18(22-3)17-19(28-20)30(11-23-17)21(31)24-12/h8-9,11-13H,4-7,10H2,1-3H3,(H,24,31)(H2,22,26,27,28)/t12-,13-/m1/s1. The molecule has 3 aromatic heterocycles. The normalized spacial score (nSPS) is 21.4. The molecule has 2 aliphatic rings. The lowest BCUT2D eigenvalue weighted by atomic mass is 10.2. The molecule has 0 aliphatic carbocycles. The summed E-state index contributed by atoms with van der Waals surface area (Å²) in [5.74, 6) is 1.70. The first kappa shape index (κ1) is 21.3. The van der Waals surface area contributed by atoms with Crippen molar-refractivity contribution < 1.29 is 14.3 Å². The molecule has 5 rings (SSSR count). The van der Waals surface area contributed by atoms with Crippen LogP contribution in [0.25, 0.3) is 11.2 Å². The summed E-state index contributed by atoms with van der Waals surface area (Å²) < 4.78 is 12.9. The van der Waals surface area contributed by atoms with Crippen LogP contribution in [-0.2, 0) is 16.1 Å². The van der Waals surface area contributed by atoms with Crippen molar-refractivity contribution in [3.8, 4) is 0 Å². The fraction of sp³-hybridized carbons (Fsp3) is 0.476. The Morgan fingerprint density at radius 1 is 1.15 bits per heavy atom. The molecular formula is C21H27N9O3. The van der Waals surface area contributed by atoms with Crippen molar-refractivity contribution >= 4 is 40.5 Å². The number of ether oxygens (including phenoxy) is 2. The number of fused-ring (bicyclic) bond motifs is 3. The Labute approximate surface area is 190 Å². The second-order valence-corrected chi connectivity index (χ2v) is 8.12. The summed E-state index contributed by atoms with van der Waals surface area (Å²) in [4.78, 5) is 33.4. The number of pyridine rings is 1. The molecule has 174 valence electrons. The van der Waals surface area contributed by atoms with Gasteiger partial charge in [-0.1, -0.05) is 0 Å². The van der Waals surface area contributed by atoms with E-state index in [2.05, 4.69) is 35.8 Å². The van der Waals surface area contributed by atoms with Gasteiger partial charge < -0.3 is 30.3 Å². The van der Waals surface area contributed by atoms with Crippen LogP contribution in [0.3, 0.4) is 0 Å². The molecule has 0 spiro atoms. The van der Waals surface area contributed by atoms with Crippen LogP contribution in [0.15, 0.2) is 18.5 Å². The minimum atomic E-state index is -0.338. The SMILES string of the molecule is CNc1nc2nc3c1ncn3C(=O)N[C@H](C)[C@@H](C)OCc1cc(cc(N3CCOCC3)n1)N2. The monoisotopic (exact) mass is 453 g/mol. The third-order valence-corrected chi connectivity index (χ3v) is 5.86. The number of anilines is 4. The van der Waals surface area contributed by atoms with Gasteiger partial charge in [-0.25, -0.2) is 19.3 Å². The quantitative estimate of drug-likeness (QED) is 0.527. The third-order valence-electron chi connectivity index (χ3n) is 5.86. The van der Waals surface area contributed by atoms with E-state index in [1.165, 1.54) is 10.9 Å². The Balaban J connectivity index is 1.62. The zero-order valence-electron chi connectivity index (χ0n) is 18.8. The number of morpholine rings is 1. The molecule has 0 unspecified atom stereocenters. The highest BCUT2D eigenvalue weighted by molar-refractivity contribution is 5.92. The van der Waals surface area contributed by atoms with Gasteiger partial charge in [0.05, 0.1) is 37.7 Å². The summed E-state index contributed by atoms with van der Waals surface area (Å²) in [5, 5.41) is 9.27. The van der Waals surface area contributed by atoms with Crippen molar-refractivity contribution in [2.75, 3.05) is 48.9 Å². The van der Waals surface area contributed by atoms with Crippen molar-refractivity contribution in [3.63, 3.8) is 0 Å². The Kier molecular flexibility index (Phi) is 5.68. The maximum absolute atomic E-state index is 12.9. The number of hydrogen-bond acceptors (Lipinski definition) is 10. The molecule has 2 aliphatic heterocycles. The number of amides is 1.